The van der Waals surface area contributed by atoms with E-state index >= 15 is 0 Å². The molecule has 0 atom stereocenters. The number of rotatable bonds is 6. The molecule has 5 nitrogen and oxygen atoms in total. The quantitative estimate of drug-likeness (QED) is 0.890. The van der Waals surface area contributed by atoms with Crippen LogP contribution in [-0.2, 0) is 6.54 Å². The van der Waals surface area contributed by atoms with Crippen molar-refractivity contribution in [3.63, 3.8) is 0 Å². The number of ether oxygens (including phenoxy) is 1. The van der Waals surface area contributed by atoms with Gasteiger partial charge < -0.3 is 15.4 Å². The monoisotopic (exact) mass is 312 g/mol. The molecule has 0 spiro atoms. The number of benzene rings is 2. The van der Waals surface area contributed by atoms with Gasteiger partial charge in [0.25, 0.3) is 5.91 Å². The Bertz CT molecular complexity index is 678. The van der Waals surface area contributed by atoms with Crippen LogP contribution in [0.4, 0.5) is 0 Å². The Balaban J connectivity index is 2.02. The topological polar surface area (TPSA) is 72.6 Å². The average Bonchev–Trinajstić information content (AvgIpc) is 2.56. The molecular weight excluding hydrogens is 292 g/mol. The van der Waals surface area contributed by atoms with E-state index in [2.05, 4.69) is 0 Å². The predicted octanol–water partition coefficient (Wildman–Crippen LogP) is 2.46. The SMILES string of the molecule is CCOc1ccc(CN(C)C(=O)c2ccc(C(N)=O)cc2)cc1. The fraction of sp³-hybridized carbons (Fsp3) is 0.222. The maximum Gasteiger partial charge on any atom is 0.253 e. The van der Waals surface area contributed by atoms with Gasteiger partial charge in [-0.05, 0) is 48.9 Å². The van der Waals surface area contributed by atoms with Crippen molar-refractivity contribution in [1.82, 2.24) is 4.90 Å². The lowest BCUT2D eigenvalue weighted by Crippen LogP contribution is -2.26. The van der Waals surface area contributed by atoms with Crippen molar-refractivity contribution in [3.8, 4) is 5.75 Å². The summed E-state index contributed by atoms with van der Waals surface area (Å²) in [5.74, 6) is 0.189. The number of amides is 2. The molecule has 0 aliphatic rings. The summed E-state index contributed by atoms with van der Waals surface area (Å²) in [4.78, 5) is 25.1. The number of carbonyl (C=O) groups excluding carboxylic acids is 2. The highest BCUT2D eigenvalue weighted by Gasteiger charge is 2.12. The van der Waals surface area contributed by atoms with Gasteiger partial charge in [0.1, 0.15) is 5.75 Å². The van der Waals surface area contributed by atoms with Gasteiger partial charge in [-0.3, -0.25) is 9.59 Å². The molecule has 120 valence electrons. The van der Waals surface area contributed by atoms with Crippen LogP contribution in [0.3, 0.4) is 0 Å². The van der Waals surface area contributed by atoms with Crippen LogP contribution < -0.4 is 10.5 Å². The van der Waals surface area contributed by atoms with Gasteiger partial charge in [-0.1, -0.05) is 12.1 Å². The first-order valence-electron chi connectivity index (χ1n) is 7.38. The molecule has 0 aliphatic heterocycles. The maximum atomic E-state index is 12.4. The normalized spacial score (nSPS) is 10.2. The van der Waals surface area contributed by atoms with Crippen molar-refractivity contribution in [1.29, 1.82) is 0 Å². The van der Waals surface area contributed by atoms with E-state index in [1.807, 2.05) is 31.2 Å². The molecule has 23 heavy (non-hydrogen) atoms. The summed E-state index contributed by atoms with van der Waals surface area (Å²) < 4.78 is 5.39. The van der Waals surface area contributed by atoms with Crippen molar-refractivity contribution in [3.05, 3.63) is 65.2 Å². The van der Waals surface area contributed by atoms with Gasteiger partial charge in [0.05, 0.1) is 6.61 Å². The molecular formula is C18H20N2O3. The fourth-order valence-electron chi connectivity index (χ4n) is 2.20. The Morgan fingerprint density at radius 1 is 1.00 bits per heavy atom. The van der Waals surface area contributed by atoms with Crippen LogP contribution in [0.25, 0.3) is 0 Å². The molecule has 0 fully saturated rings. The lowest BCUT2D eigenvalue weighted by atomic mass is 10.1. The first-order chi connectivity index (χ1) is 11.0. The van der Waals surface area contributed by atoms with Crippen molar-refractivity contribution in [2.75, 3.05) is 13.7 Å². The summed E-state index contributed by atoms with van der Waals surface area (Å²) in [6.07, 6.45) is 0. The zero-order chi connectivity index (χ0) is 16.8. The van der Waals surface area contributed by atoms with Crippen molar-refractivity contribution in [2.45, 2.75) is 13.5 Å². The van der Waals surface area contributed by atoms with Crippen molar-refractivity contribution >= 4 is 11.8 Å². The van der Waals surface area contributed by atoms with E-state index in [4.69, 9.17) is 10.5 Å². The third-order valence-corrected chi connectivity index (χ3v) is 3.42. The van der Waals surface area contributed by atoms with E-state index in [-0.39, 0.29) is 5.91 Å². The molecule has 2 N–H and O–H groups in total. The number of carbonyl (C=O) groups is 2. The maximum absolute atomic E-state index is 12.4. The first kappa shape index (κ1) is 16.5. The molecule has 0 unspecified atom stereocenters. The van der Waals surface area contributed by atoms with Gasteiger partial charge >= 0.3 is 0 Å². The molecule has 0 saturated carbocycles. The van der Waals surface area contributed by atoms with Gasteiger partial charge in [-0.15, -0.1) is 0 Å². The molecule has 2 amide bonds. The highest BCUT2D eigenvalue weighted by Crippen LogP contribution is 2.14. The smallest absolute Gasteiger partial charge is 0.253 e. The van der Waals surface area contributed by atoms with Crippen LogP contribution in [0.1, 0.15) is 33.2 Å². The third-order valence-electron chi connectivity index (χ3n) is 3.42. The van der Waals surface area contributed by atoms with Gasteiger partial charge in [-0.2, -0.15) is 0 Å². The van der Waals surface area contributed by atoms with Gasteiger partial charge in [0, 0.05) is 24.7 Å². The highest BCUT2D eigenvalue weighted by molar-refractivity contribution is 5.97. The second kappa shape index (κ2) is 7.45. The number of nitrogens with zero attached hydrogens (tertiary/aromatic N) is 1. The van der Waals surface area contributed by atoms with E-state index in [1.54, 1.807) is 36.2 Å². The molecule has 0 aromatic heterocycles. The Morgan fingerprint density at radius 3 is 2.09 bits per heavy atom. The number of hydrogen-bond acceptors (Lipinski definition) is 3. The van der Waals surface area contributed by atoms with E-state index in [0.717, 1.165) is 11.3 Å². The zero-order valence-electron chi connectivity index (χ0n) is 13.3. The molecule has 0 bridgehead atoms. The fourth-order valence-corrected chi connectivity index (χ4v) is 2.20. The Labute approximate surface area is 135 Å². The van der Waals surface area contributed by atoms with Crippen LogP contribution in [0.2, 0.25) is 0 Å². The summed E-state index contributed by atoms with van der Waals surface area (Å²) in [5.41, 5.74) is 7.11. The second-order valence-electron chi connectivity index (χ2n) is 5.18. The first-order valence-corrected chi connectivity index (χ1v) is 7.38. The van der Waals surface area contributed by atoms with Crippen LogP contribution >= 0.6 is 0 Å². The Hall–Kier alpha value is -2.82. The summed E-state index contributed by atoms with van der Waals surface area (Å²) in [6.45, 7) is 3.05. The number of primary amides is 1. The standard InChI is InChI=1S/C18H20N2O3/c1-3-23-16-10-4-13(5-11-16)12-20(2)18(22)15-8-6-14(7-9-15)17(19)21/h4-11H,3,12H2,1-2H3,(H2,19,21). The predicted molar refractivity (Wildman–Crippen MR) is 88.4 cm³/mol. The Morgan fingerprint density at radius 2 is 1.57 bits per heavy atom. The number of nitrogens with two attached hydrogens (primary N) is 1. The average molecular weight is 312 g/mol. The second-order valence-corrected chi connectivity index (χ2v) is 5.18. The summed E-state index contributed by atoms with van der Waals surface area (Å²) in [5, 5.41) is 0. The van der Waals surface area contributed by atoms with Gasteiger partial charge in [-0.25, -0.2) is 0 Å². The molecule has 2 rings (SSSR count). The highest BCUT2D eigenvalue weighted by atomic mass is 16.5. The summed E-state index contributed by atoms with van der Waals surface area (Å²) in [6, 6.07) is 14.0. The molecule has 0 heterocycles. The van der Waals surface area contributed by atoms with Gasteiger partial charge in [0.15, 0.2) is 0 Å². The van der Waals surface area contributed by atoms with Crippen LogP contribution in [-0.4, -0.2) is 30.4 Å². The minimum absolute atomic E-state index is 0.116. The Kier molecular flexibility index (Phi) is 5.36. The zero-order valence-corrected chi connectivity index (χ0v) is 13.3. The molecule has 0 radical (unpaired) electrons. The van der Waals surface area contributed by atoms with E-state index < -0.39 is 5.91 Å². The minimum Gasteiger partial charge on any atom is -0.494 e. The van der Waals surface area contributed by atoms with Crippen LogP contribution in [0.5, 0.6) is 5.75 Å². The molecule has 5 heteroatoms. The largest absolute Gasteiger partial charge is 0.494 e. The lowest BCUT2D eigenvalue weighted by molar-refractivity contribution is 0.0784. The third kappa shape index (κ3) is 4.32. The van der Waals surface area contributed by atoms with Crippen molar-refractivity contribution < 1.29 is 14.3 Å². The van der Waals surface area contributed by atoms with E-state index in [9.17, 15) is 9.59 Å². The van der Waals surface area contributed by atoms with Crippen LogP contribution in [0.15, 0.2) is 48.5 Å². The summed E-state index contributed by atoms with van der Waals surface area (Å²) >= 11 is 0. The van der Waals surface area contributed by atoms with E-state index in [1.165, 1.54) is 0 Å². The molecule has 2 aromatic rings. The molecule has 0 saturated heterocycles. The molecule has 2 aromatic carbocycles. The lowest BCUT2D eigenvalue weighted by Gasteiger charge is -2.17. The minimum atomic E-state index is -0.508. The summed E-state index contributed by atoms with van der Waals surface area (Å²) in [7, 11) is 1.74. The van der Waals surface area contributed by atoms with E-state index in [0.29, 0.717) is 24.3 Å². The number of hydrogen-bond donors (Lipinski definition) is 1. The van der Waals surface area contributed by atoms with Gasteiger partial charge in [0.2, 0.25) is 5.91 Å². The van der Waals surface area contributed by atoms with Crippen molar-refractivity contribution in [2.24, 2.45) is 5.73 Å². The molecule has 0 aliphatic carbocycles. The van der Waals surface area contributed by atoms with Crippen LogP contribution in [0, 0.1) is 0 Å².